The van der Waals surface area contributed by atoms with Gasteiger partial charge in [0.15, 0.2) is 0 Å². The molecule has 0 atom stereocenters. The molecule has 19 heavy (non-hydrogen) atoms. The molecule has 4 heteroatoms. The maximum atomic E-state index is 5.84. The van der Waals surface area contributed by atoms with Gasteiger partial charge in [-0.25, -0.2) is 0 Å². The molecule has 0 saturated carbocycles. The van der Waals surface area contributed by atoms with Crippen LogP contribution in [0.25, 0.3) is 0 Å². The van der Waals surface area contributed by atoms with Crippen molar-refractivity contribution in [3.63, 3.8) is 0 Å². The molecule has 0 heterocycles. The molecule has 0 unspecified atom stereocenters. The number of aryl methyl sites for hydroxylation is 1. The minimum absolute atomic E-state index is 0.659. The van der Waals surface area contributed by atoms with Gasteiger partial charge in [0.25, 0.3) is 0 Å². The summed E-state index contributed by atoms with van der Waals surface area (Å²) >= 11 is 0. The lowest BCUT2D eigenvalue weighted by Gasteiger charge is -2.23. The summed E-state index contributed by atoms with van der Waals surface area (Å²) in [5.41, 5.74) is 9.00. The third-order valence-corrected chi connectivity index (χ3v) is 3.08. The number of anilines is 2. The average molecular weight is 266 g/mol. The summed E-state index contributed by atoms with van der Waals surface area (Å²) in [5.74, 6) is 0. The number of nitrogens with two attached hydrogens (primary N) is 1. The molecule has 0 spiro atoms. The van der Waals surface area contributed by atoms with Gasteiger partial charge >= 0.3 is 0 Å². The van der Waals surface area contributed by atoms with Gasteiger partial charge in [-0.05, 0) is 44.5 Å². The van der Waals surface area contributed by atoms with Gasteiger partial charge < -0.3 is 20.1 Å². The maximum absolute atomic E-state index is 5.84. The second-order valence-electron chi connectivity index (χ2n) is 4.43. The number of nitrogen functional groups attached to an aromatic ring is 1. The van der Waals surface area contributed by atoms with E-state index in [9.17, 15) is 0 Å². The first-order valence-corrected chi connectivity index (χ1v) is 6.95. The monoisotopic (exact) mass is 266 g/mol. The summed E-state index contributed by atoms with van der Waals surface area (Å²) in [6.07, 6.45) is 0. The van der Waals surface area contributed by atoms with E-state index < -0.39 is 0 Å². The minimum Gasteiger partial charge on any atom is -0.399 e. The smallest absolute Gasteiger partial charge is 0.0701 e. The molecule has 1 aromatic carbocycles. The number of hydrogen-bond donors (Lipinski definition) is 1. The van der Waals surface area contributed by atoms with Crippen LogP contribution in [-0.4, -0.2) is 39.5 Å². The van der Waals surface area contributed by atoms with Gasteiger partial charge in [-0.15, -0.1) is 0 Å². The fourth-order valence-corrected chi connectivity index (χ4v) is 1.87. The summed E-state index contributed by atoms with van der Waals surface area (Å²) < 4.78 is 10.8. The largest absolute Gasteiger partial charge is 0.399 e. The Hall–Kier alpha value is -1.26. The maximum Gasteiger partial charge on any atom is 0.0701 e. The molecule has 0 amide bonds. The van der Waals surface area contributed by atoms with Gasteiger partial charge in [-0.2, -0.15) is 0 Å². The zero-order valence-corrected chi connectivity index (χ0v) is 12.3. The predicted molar refractivity (Wildman–Crippen MR) is 80.8 cm³/mol. The van der Waals surface area contributed by atoms with Crippen LogP contribution in [0.4, 0.5) is 11.4 Å². The predicted octanol–water partition coefficient (Wildman–Crippen LogP) is 2.46. The van der Waals surface area contributed by atoms with E-state index in [4.69, 9.17) is 15.2 Å². The van der Waals surface area contributed by atoms with Gasteiger partial charge in [0, 0.05) is 31.1 Å². The van der Waals surface area contributed by atoms with Crippen LogP contribution in [0.5, 0.6) is 0 Å². The van der Waals surface area contributed by atoms with E-state index in [1.807, 2.05) is 19.9 Å². The van der Waals surface area contributed by atoms with Crippen molar-refractivity contribution in [2.45, 2.75) is 20.8 Å². The lowest BCUT2D eigenvalue weighted by molar-refractivity contribution is 0.0556. The van der Waals surface area contributed by atoms with Crippen molar-refractivity contribution in [3.8, 4) is 0 Å². The molecule has 0 aliphatic heterocycles. The lowest BCUT2D eigenvalue weighted by Crippen LogP contribution is -2.27. The normalized spacial score (nSPS) is 10.7. The zero-order valence-electron chi connectivity index (χ0n) is 12.3. The Morgan fingerprint density at radius 2 is 1.84 bits per heavy atom. The number of likely N-dealkylation sites (N-methyl/N-ethyl adjacent to an activating group) is 1. The Morgan fingerprint density at radius 1 is 1.11 bits per heavy atom. The average Bonchev–Trinajstić information content (AvgIpc) is 2.41. The van der Waals surface area contributed by atoms with Crippen molar-refractivity contribution >= 4 is 11.4 Å². The Balaban J connectivity index is 2.38. The summed E-state index contributed by atoms with van der Waals surface area (Å²) in [7, 11) is 0. The highest BCUT2D eigenvalue weighted by Crippen LogP contribution is 2.20. The highest BCUT2D eigenvalue weighted by Gasteiger charge is 2.05. The van der Waals surface area contributed by atoms with Crippen LogP contribution in [0.3, 0.4) is 0 Å². The first-order chi connectivity index (χ1) is 9.19. The molecule has 0 radical (unpaired) electrons. The summed E-state index contributed by atoms with van der Waals surface area (Å²) in [6.45, 7) is 10.8. The molecule has 1 aromatic rings. The van der Waals surface area contributed by atoms with Gasteiger partial charge in [-0.1, -0.05) is 0 Å². The van der Waals surface area contributed by atoms with Gasteiger partial charge in [0.2, 0.25) is 0 Å². The van der Waals surface area contributed by atoms with Crippen molar-refractivity contribution in [2.75, 3.05) is 50.2 Å². The molecule has 0 aliphatic carbocycles. The van der Waals surface area contributed by atoms with Crippen LogP contribution < -0.4 is 10.6 Å². The third kappa shape index (κ3) is 5.49. The Kier molecular flexibility index (Phi) is 7.30. The van der Waals surface area contributed by atoms with Crippen LogP contribution in [-0.2, 0) is 9.47 Å². The first kappa shape index (κ1) is 15.8. The van der Waals surface area contributed by atoms with E-state index in [1.54, 1.807) is 0 Å². The number of nitrogens with zero attached hydrogens (tertiary/aromatic N) is 1. The summed E-state index contributed by atoms with van der Waals surface area (Å²) in [5, 5.41) is 0. The molecule has 0 aromatic heterocycles. The van der Waals surface area contributed by atoms with Crippen LogP contribution in [0.2, 0.25) is 0 Å². The first-order valence-electron chi connectivity index (χ1n) is 6.95. The van der Waals surface area contributed by atoms with Crippen molar-refractivity contribution in [3.05, 3.63) is 23.8 Å². The minimum atomic E-state index is 0.659. The van der Waals surface area contributed by atoms with Crippen molar-refractivity contribution < 1.29 is 9.47 Å². The zero-order chi connectivity index (χ0) is 14.1. The molecule has 0 saturated heterocycles. The molecule has 1 rings (SSSR count). The molecular weight excluding hydrogens is 240 g/mol. The van der Waals surface area contributed by atoms with Crippen LogP contribution in [0.15, 0.2) is 18.2 Å². The number of hydrogen-bond acceptors (Lipinski definition) is 4. The van der Waals surface area contributed by atoms with Crippen molar-refractivity contribution in [1.82, 2.24) is 0 Å². The SMILES string of the molecule is CCOCCOCCN(CC)c1ccc(N)c(C)c1. The fourth-order valence-electron chi connectivity index (χ4n) is 1.87. The van der Waals surface area contributed by atoms with E-state index in [0.717, 1.165) is 30.9 Å². The molecule has 2 N–H and O–H groups in total. The van der Waals surface area contributed by atoms with Crippen LogP contribution >= 0.6 is 0 Å². The van der Waals surface area contributed by atoms with Crippen molar-refractivity contribution in [1.29, 1.82) is 0 Å². The van der Waals surface area contributed by atoms with Gasteiger partial charge in [0.1, 0.15) is 0 Å². The second-order valence-corrected chi connectivity index (χ2v) is 4.43. The number of benzene rings is 1. The Morgan fingerprint density at radius 3 is 2.47 bits per heavy atom. The topological polar surface area (TPSA) is 47.7 Å². The third-order valence-electron chi connectivity index (χ3n) is 3.08. The van der Waals surface area contributed by atoms with E-state index in [2.05, 4.69) is 24.0 Å². The molecule has 0 bridgehead atoms. The Bertz CT molecular complexity index is 369. The van der Waals surface area contributed by atoms with E-state index in [1.165, 1.54) is 5.69 Å². The number of rotatable bonds is 9. The molecular formula is C15H26N2O2. The molecule has 0 fully saturated rings. The molecule has 0 aliphatic rings. The van der Waals surface area contributed by atoms with Gasteiger partial charge in [-0.3, -0.25) is 0 Å². The molecule has 4 nitrogen and oxygen atoms in total. The van der Waals surface area contributed by atoms with E-state index in [0.29, 0.717) is 19.8 Å². The fraction of sp³-hybridized carbons (Fsp3) is 0.600. The van der Waals surface area contributed by atoms with Crippen LogP contribution in [0, 0.1) is 6.92 Å². The van der Waals surface area contributed by atoms with Crippen LogP contribution in [0.1, 0.15) is 19.4 Å². The summed E-state index contributed by atoms with van der Waals surface area (Å²) in [4.78, 5) is 2.28. The van der Waals surface area contributed by atoms with E-state index >= 15 is 0 Å². The van der Waals surface area contributed by atoms with Gasteiger partial charge in [0.05, 0.1) is 19.8 Å². The molecule has 108 valence electrons. The standard InChI is InChI=1S/C15H26N2O2/c1-4-17(8-9-19-11-10-18-5-2)14-6-7-15(16)13(3)12-14/h6-7,12H,4-5,8-11,16H2,1-3H3. The Labute approximate surface area is 116 Å². The summed E-state index contributed by atoms with van der Waals surface area (Å²) in [6, 6.07) is 6.15. The highest BCUT2D eigenvalue weighted by molar-refractivity contribution is 5.57. The van der Waals surface area contributed by atoms with Crippen molar-refractivity contribution in [2.24, 2.45) is 0 Å². The second kappa shape index (κ2) is 8.77. The lowest BCUT2D eigenvalue weighted by atomic mass is 10.1. The number of ether oxygens (including phenoxy) is 2. The highest BCUT2D eigenvalue weighted by atomic mass is 16.5. The van der Waals surface area contributed by atoms with E-state index in [-0.39, 0.29) is 0 Å². The quantitative estimate of drug-likeness (QED) is 0.551.